The molecular formula is C26H36N6. The highest BCUT2D eigenvalue weighted by molar-refractivity contribution is 5.53. The lowest BCUT2D eigenvalue weighted by Crippen LogP contribution is -2.45. The molecule has 1 aliphatic heterocycles. The van der Waals surface area contributed by atoms with Gasteiger partial charge in [-0.25, -0.2) is 4.98 Å². The maximum Gasteiger partial charge on any atom is 0.138 e. The quantitative estimate of drug-likeness (QED) is 0.561. The molecule has 6 nitrogen and oxygen atoms in total. The number of imidazole rings is 1. The SMILES string of the molecule is CCCCN(Cc1cn2c(N3CCN(C)CC3)cccc2n1)[C@H]1CCCc2cccnc21. The molecule has 0 unspecified atom stereocenters. The fourth-order valence-corrected chi connectivity index (χ4v) is 5.27. The molecule has 0 amide bonds. The van der Waals surface area contributed by atoms with Gasteiger partial charge in [-0.05, 0) is 63.0 Å². The Kier molecular flexibility index (Phi) is 6.42. The van der Waals surface area contributed by atoms with Crippen LogP contribution in [0.5, 0.6) is 0 Å². The molecule has 170 valence electrons. The summed E-state index contributed by atoms with van der Waals surface area (Å²) in [6.07, 6.45) is 10.2. The number of unbranched alkanes of at least 4 members (excludes halogenated alkanes) is 1. The Morgan fingerprint density at radius 1 is 1.09 bits per heavy atom. The molecule has 5 rings (SSSR count). The summed E-state index contributed by atoms with van der Waals surface area (Å²) >= 11 is 0. The second kappa shape index (κ2) is 9.59. The third-order valence-electron chi connectivity index (χ3n) is 7.12. The number of anilines is 1. The number of hydrogen-bond donors (Lipinski definition) is 0. The molecule has 0 spiro atoms. The van der Waals surface area contributed by atoms with Crippen LogP contribution in [0.1, 0.15) is 55.6 Å². The maximum absolute atomic E-state index is 5.05. The first-order valence-corrected chi connectivity index (χ1v) is 12.3. The number of likely N-dealkylation sites (N-methyl/N-ethyl adjacent to an activating group) is 1. The molecule has 3 aromatic heterocycles. The molecule has 0 aromatic carbocycles. The summed E-state index contributed by atoms with van der Waals surface area (Å²) < 4.78 is 2.30. The Hall–Kier alpha value is -2.44. The van der Waals surface area contributed by atoms with Crippen LogP contribution in [0.3, 0.4) is 0 Å². The zero-order valence-electron chi connectivity index (χ0n) is 19.6. The van der Waals surface area contributed by atoms with E-state index in [9.17, 15) is 0 Å². The molecule has 2 aliphatic rings. The van der Waals surface area contributed by atoms with Crippen LogP contribution in [0, 0.1) is 0 Å². The number of aromatic nitrogens is 3. The highest BCUT2D eigenvalue weighted by Crippen LogP contribution is 2.34. The molecule has 6 heteroatoms. The Balaban J connectivity index is 1.42. The number of pyridine rings is 2. The van der Waals surface area contributed by atoms with Crippen molar-refractivity contribution in [2.75, 3.05) is 44.7 Å². The average molecular weight is 433 g/mol. The molecule has 3 aromatic rings. The summed E-state index contributed by atoms with van der Waals surface area (Å²) in [4.78, 5) is 17.4. The van der Waals surface area contributed by atoms with Gasteiger partial charge in [0.15, 0.2) is 0 Å². The first-order chi connectivity index (χ1) is 15.7. The number of hydrogen-bond acceptors (Lipinski definition) is 5. The summed E-state index contributed by atoms with van der Waals surface area (Å²) in [5.74, 6) is 1.26. The predicted octanol–water partition coefficient (Wildman–Crippen LogP) is 4.16. The third-order valence-corrected chi connectivity index (χ3v) is 7.12. The standard InChI is InChI=1S/C26H36N6/c1-3-4-14-31(23-10-5-8-21-9-7-13-27-26(21)23)19-22-20-32-24(28-22)11-6-12-25(32)30-17-15-29(2)16-18-30/h6-7,9,11-13,20,23H,3-5,8,10,14-19H2,1-2H3/t23-/m0/s1. The van der Waals surface area contributed by atoms with Crippen LogP contribution in [-0.2, 0) is 13.0 Å². The van der Waals surface area contributed by atoms with E-state index < -0.39 is 0 Å². The molecule has 1 aliphatic carbocycles. The van der Waals surface area contributed by atoms with E-state index in [0.717, 1.165) is 57.0 Å². The van der Waals surface area contributed by atoms with E-state index in [0.29, 0.717) is 6.04 Å². The second-order valence-corrected chi connectivity index (χ2v) is 9.41. The van der Waals surface area contributed by atoms with Crippen molar-refractivity contribution in [3.05, 3.63) is 59.7 Å². The fourth-order valence-electron chi connectivity index (χ4n) is 5.27. The van der Waals surface area contributed by atoms with Gasteiger partial charge in [0.2, 0.25) is 0 Å². The zero-order valence-corrected chi connectivity index (χ0v) is 19.6. The van der Waals surface area contributed by atoms with Gasteiger partial charge in [0.05, 0.1) is 17.4 Å². The summed E-state index contributed by atoms with van der Waals surface area (Å²) in [6, 6.07) is 11.3. The molecule has 0 bridgehead atoms. The molecular weight excluding hydrogens is 396 g/mol. The van der Waals surface area contributed by atoms with Crippen molar-refractivity contribution in [3.63, 3.8) is 0 Å². The van der Waals surface area contributed by atoms with Crippen molar-refractivity contribution in [2.24, 2.45) is 0 Å². The number of fused-ring (bicyclic) bond motifs is 2. The van der Waals surface area contributed by atoms with E-state index >= 15 is 0 Å². The molecule has 1 saturated heterocycles. The van der Waals surface area contributed by atoms with E-state index in [1.807, 2.05) is 6.20 Å². The van der Waals surface area contributed by atoms with Gasteiger partial charge in [-0.2, -0.15) is 0 Å². The first kappa shape index (κ1) is 21.4. The Bertz CT molecular complexity index is 1040. The Labute approximate surface area is 191 Å². The molecule has 1 fully saturated rings. The summed E-state index contributed by atoms with van der Waals surface area (Å²) in [5.41, 5.74) is 4.93. The highest BCUT2D eigenvalue weighted by atomic mass is 15.3. The molecule has 0 radical (unpaired) electrons. The van der Waals surface area contributed by atoms with Crippen LogP contribution < -0.4 is 4.90 Å². The fraction of sp³-hybridized carbons (Fsp3) is 0.538. The van der Waals surface area contributed by atoms with Crippen molar-refractivity contribution in [2.45, 2.75) is 51.6 Å². The van der Waals surface area contributed by atoms with Gasteiger partial charge in [-0.3, -0.25) is 14.3 Å². The largest absolute Gasteiger partial charge is 0.355 e. The van der Waals surface area contributed by atoms with Crippen LogP contribution in [0.2, 0.25) is 0 Å². The average Bonchev–Trinajstić information content (AvgIpc) is 3.25. The number of aryl methyl sites for hydroxylation is 1. The Morgan fingerprint density at radius 3 is 2.81 bits per heavy atom. The van der Waals surface area contributed by atoms with Crippen LogP contribution in [0.4, 0.5) is 5.82 Å². The van der Waals surface area contributed by atoms with E-state index in [-0.39, 0.29) is 0 Å². The van der Waals surface area contributed by atoms with E-state index in [1.165, 1.54) is 42.8 Å². The van der Waals surface area contributed by atoms with E-state index in [2.05, 4.69) is 69.6 Å². The zero-order chi connectivity index (χ0) is 21.9. The topological polar surface area (TPSA) is 39.9 Å². The van der Waals surface area contributed by atoms with Gasteiger partial charge in [-0.1, -0.05) is 25.5 Å². The third kappa shape index (κ3) is 4.39. The number of rotatable bonds is 7. The summed E-state index contributed by atoms with van der Waals surface area (Å²) in [7, 11) is 2.20. The van der Waals surface area contributed by atoms with Crippen molar-refractivity contribution < 1.29 is 0 Å². The van der Waals surface area contributed by atoms with Gasteiger partial charge in [-0.15, -0.1) is 0 Å². The minimum atomic E-state index is 0.397. The minimum absolute atomic E-state index is 0.397. The monoisotopic (exact) mass is 432 g/mol. The van der Waals surface area contributed by atoms with Gasteiger partial charge >= 0.3 is 0 Å². The van der Waals surface area contributed by atoms with Crippen LogP contribution in [-0.4, -0.2) is 63.9 Å². The predicted molar refractivity (Wildman–Crippen MR) is 130 cm³/mol. The summed E-state index contributed by atoms with van der Waals surface area (Å²) in [6.45, 7) is 8.60. The van der Waals surface area contributed by atoms with Gasteiger partial charge in [0, 0.05) is 45.1 Å². The van der Waals surface area contributed by atoms with Crippen LogP contribution >= 0.6 is 0 Å². The minimum Gasteiger partial charge on any atom is -0.355 e. The highest BCUT2D eigenvalue weighted by Gasteiger charge is 2.27. The second-order valence-electron chi connectivity index (χ2n) is 9.41. The summed E-state index contributed by atoms with van der Waals surface area (Å²) in [5, 5.41) is 0. The lowest BCUT2D eigenvalue weighted by molar-refractivity contribution is 0.161. The van der Waals surface area contributed by atoms with Gasteiger partial charge in [0.1, 0.15) is 11.5 Å². The van der Waals surface area contributed by atoms with Crippen molar-refractivity contribution >= 4 is 11.5 Å². The smallest absolute Gasteiger partial charge is 0.138 e. The molecule has 32 heavy (non-hydrogen) atoms. The van der Waals surface area contributed by atoms with Gasteiger partial charge < -0.3 is 9.80 Å². The molecule has 0 N–H and O–H groups in total. The molecule has 4 heterocycles. The number of piperazine rings is 1. The first-order valence-electron chi connectivity index (χ1n) is 12.3. The van der Waals surface area contributed by atoms with Crippen molar-refractivity contribution in [3.8, 4) is 0 Å². The number of nitrogens with zero attached hydrogens (tertiary/aromatic N) is 6. The molecule has 0 saturated carbocycles. The van der Waals surface area contributed by atoms with Crippen molar-refractivity contribution in [1.29, 1.82) is 0 Å². The van der Waals surface area contributed by atoms with Gasteiger partial charge in [0.25, 0.3) is 0 Å². The maximum atomic E-state index is 5.05. The van der Waals surface area contributed by atoms with E-state index in [4.69, 9.17) is 9.97 Å². The van der Waals surface area contributed by atoms with Crippen LogP contribution in [0.15, 0.2) is 42.7 Å². The normalized spacial score (nSPS) is 19.6. The molecule has 1 atom stereocenters. The Morgan fingerprint density at radius 2 is 1.97 bits per heavy atom. The lowest BCUT2D eigenvalue weighted by atomic mass is 9.90. The van der Waals surface area contributed by atoms with Crippen molar-refractivity contribution in [1.82, 2.24) is 24.2 Å². The van der Waals surface area contributed by atoms with E-state index in [1.54, 1.807) is 0 Å². The van der Waals surface area contributed by atoms with Crippen LogP contribution in [0.25, 0.3) is 5.65 Å². The lowest BCUT2D eigenvalue weighted by Gasteiger charge is -2.34.